The van der Waals surface area contributed by atoms with E-state index in [0.717, 1.165) is 55.7 Å². The molecule has 0 spiro atoms. The predicted molar refractivity (Wildman–Crippen MR) is 84.5 cm³/mol. The Bertz CT molecular complexity index is 597. The first-order chi connectivity index (χ1) is 11.2. The number of benzene rings is 1. The highest BCUT2D eigenvalue weighted by atomic mass is 16.7. The Labute approximate surface area is 136 Å². The number of hydrogen-bond acceptors (Lipinski definition) is 4. The zero-order chi connectivity index (χ0) is 15.8. The van der Waals surface area contributed by atoms with E-state index in [9.17, 15) is 9.90 Å². The third kappa shape index (κ3) is 2.78. The van der Waals surface area contributed by atoms with Gasteiger partial charge in [0.15, 0.2) is 11.5 Å². The van der Waals surface area contributed by atoms with Crippen LogP contribution in [0.5, 0.6) is 11.5 Å². The highest BCUT2D eigenvalue weighted by molar-refractivity contribution is 5.79. The van der Waals surface area contributed by atoms with Crippen molar-refractivity contribution in [1.82, 2.24) is 4.90 Å². The topological polar surface area (TPSA) is 59.0 Å². The van der Waals surface area contributed by atoms with Crippen molar-refractivity contribution in [3.05, 3.63) is 23.8 Å². The SMILES string of the molecule is O=C(C1CCCC1)N1CC[C@@H](c2ccc3c(c2)OCO3)[C@H](O)C1. The van der Waals surface area contributed by atoms with Crippen LogP contribution in [0.3, 0.4) is 0 Å². The van der Waals surface area contributed by atoms with Gasteiger partial charge in [0.05, 0.1) is 6.10 Å². The van der Waals surface area contributed by atoms with Crippen molar-refractivity contribution in [2.75, 3.05) is 19.9 Å². The Morgan fingerprint density at radius 2 is 1.91 bits per heavy atom. The smallest absolute Gasteiger partial charge is 0.231 e. The number of β-amino-alcohol motifs (C(OH)–C–C–N with tert-alkyl or cyclic N) is 1. The number of piperidine rings is 1. The highest BCUT2D eigenvalue weighted by Crippen LogP contribution is 2.38. The van der Waals surface area contributed by atoms with Gasteiger partial charge in [-0.25, -0.2) is 0 Å². The quantitative estimate of drug-likeness (QED) is 0.909. The molecule has 124 valence electrons. The van der Waals surface area contributed by atoms with Crippen molar-refractivity contribution < 1.29 is 19.4 Å². The van der Waals surface area contributed by atoms with Crippen LogP contribution in [0.2, 0.25) is 0 Å². The molecule has 0 radical (unpaired) electrons. The minimum atomic E-state index is -0.519. The Balaban J connectivity index is 1.44. The summed E-state index contributed by atoms with van der Waals surface area (Å²) in [5.41, 5.74) is 1.06. The molecule has 1 aliphatic carbocycles. The maximum Gasteiger partial charge on any atom is 0.231 e. The van der Waals surface area contributed by atoms with E-state index in [1.54, 1.807) is 0 Å². The second-order valence-electron chi connectivity index (χ2n) is 6.84. The average Bonchev–Trinajstić information content (AvgIpc) is 3.24. The van der Waals surface area contributed by atoms with E-state index in [1.165, 1.54) is 0 Å². The summed E-state index contributed by atoms with van der Waals surface area (Å²) in [6.07, 6.45) is 4.61. The van der Waals surface area contributed by atoms with Crippen LogP contribution in [0.15, 0.2) is 18.2 Å². The van der Waals surface area contributed by atoms with Crippen LogP contribution in [0, 0.1) is 5.92 Å². The Morgan fingerprint density at radius 1 is 1.13 bits per heavy atom. The summed E-state index contributed by atoms with van der Waals surface area (Å²) in [6.45, 7) is 1.43. The monoisotopic (exact) mass is 317 g/mol. The summed E-state index contributed by atoms with van der Waals surface area (Å²) >= 11 is 0. The average molecular weight is 317 g/mol. The number of aliphatic hydroxyl groups is 1. The van der Waals surface area contributed by atoms with E-state index in [4.69, 9.17) is 9.47 Å². The zero-order valence-electron chi connectivity index (χ0n) is 13.2. The summed E-state index contributed by atoms with van der Waals surface area (Å²) in [5.74, 6) is 1.99. The molecular formula is C18H23NO4. The summed E-state index contributed by atoms with van der Waals surface area (Å²) in [4.78, 5) is 14.4. The Kier molecular flexibility index (Phi) is 3.89. The van der Waals surface area contributed by atoms with E-state index in [0.29, 0.717) is 6.54 Å². The molecule has 2 fully saturated rings. The van der Waals surface area contributed by atoms with Gasteiger partial charge in [0.2, 0.25) is 12.7 Å². The number of amides is 1. The fourth-order valence-electron chi connectivity index (χ4n) is 4.10. The fraction of sp³-hybridized carbons (Fsp3) is 0.611. The molecule has 4 rings (SSSR count). The molecule has 0 unspecified atom stereocenters. The van der Waals surface area contributed by atoms with Crippen LogP contribution < -0.4 is 9.47 Å². The molecule has 0 bridgehead atoms. The number of nitrogens with zero attached hydrogens (tertiary/aromatic N) is 1. The van der Waals surface area contributed by atoms with Crippen LogP contribution >= 0.6 is 0 Å². The van der Waals surface area contributed by atoms with Gasteiger partial charge in [-0.15, -0.1) is 0 Å². The van der Waals surface area contributed by atoms with Crippen molar-refractivity contribution >= 4 is 5.91 Å². The minimum Gasteiger partial charge on any atom is -0.454 e. The molecule has 2 atom stereocenters. The molecule has 1 aromatic rings. The van der Waals surface area contributed by atoms with Gasteiger partial charge in [-0.1, -0.05) is 18.9 Å². The number of rotatable bonds is 2. The second kappa shape index (κ2) is 6.04. The summed E-state index contributed by atoms with van der Waals surface area (Å²) in [6, 6.07) is 5.86. The number of likely N-dealkylation sites (tertiary alicyclic amines) is 1. The normalized spacial score (nSPS) is 27.4. The fourth-order valence-corrected chi connectivity index (χ4v) is 4.10. The lowest BCUT2D eigenvalue weighted by atomic mass is 9.86. The number of hydrogen-bond donors (Lipinski definition) is 1. The van der Waals surface area contributed by atoms with E-state index < -0.39 is 6.10 Å². The van der Waals surface area contributed by atoms with Crippen LogP contribution in [-0.2, 0) is 4.79 Å². The molecule has 3 aliphatic rings. The van der Waals surface area contributed by atoms with Crippen molar-refractivity contribution in [3.8, 4) is 11.5 Å². The molecular weight excluding hydrogens is 294 g/mol. The molecule has 1 saturated carbocycles. The third-order valence-corrected chi connectivity index (χ3v) is 5.42. The lowest BCUT2D eigenvalue weighted by Gasteiger charge is -2.37. The molecule has 5 heteroatoms. The molecule has 2 heterocycles. The number of ether oxygens (including phenoxy) is 2. The van der Waals surface area contributed by atoms with Crippen LogP contribution in [-0.4, -0.2) is 41.9 Å². The largest absolute Gasteiger partial charge is 0.454 e. The van der Waals surface area contributed by atoms with Gasteiger partial charge in [-0.05, 0) is 37.0 Å². The number of fused-ring (bicyclic) bond motifs is 1. The van der Waals surface area contributed by atoms with Gasteiger partial charge >= 0.3 is 0 Å². The van der Waals surface area contributed by atoms with E-state index >= 15 is 0 Å². The van der Waals surface area contributed by atoms with Gasteiger partial charge in [0.25, 0.3) is 0 Å². The third-order valence-electron chi connectivity index (χ3n) is 5.42. The van der Waals surface area contributed by atoms with Gasteiger partial charge in [-0.2, -0.15) is 0 Å². The van der Waals surface area contributed by atoms with E-state index in [-0.39, 0.29) is 24.5 Å². The molecule has 1 amide bonds. The summed E-state index contributed by atoms with van der Waals surface area (Å²) in [7, 11) is 0. The van der Waals surface area contributed by atoms with Crippen molar-refractivity contribution in [3.63, 3.8) is 0 Å². The van der Waals surface area contributed by atoms with Gasteiger partial charge < -0.3 is 19.5 Å². The van der Waals surface area contributed by atoms with Crippen molar-refractivity contribution in [2.24, 2.45) is 5.92 Å². The Morgan fingerprint density at radius 3 is 2.70 bits per heavy atom. The van der Waals surface area contributed by atoms with Crippen LogP contribution in [0.4, 0.5) is 0 Å². The predicted octanol–water partition coefficient (Wildman–Crippen LogP) is 2.28. The van der Waals surface area contributed by atoms with Crippen LogP contribution in [0.25, 0.3) is 0 Å². The summed E-state index contributed by atoms with van der Waals surface area (Å²) in [5, 5.41) is 10.6. The number of carbonyl (C=O) groups is 1. The number of carbonyl (C=O) groups excluding carboxylic acids is 1. The lowest BCUT2D eigenvalue weighted by molar-refractivity contribution is -0.138. The molecule has 0 aromatic heterocycles. The molecule has 5 nitrogen and oxygen atoms in total. The molecule has 1 N–H and O–H groups in total. The van der Waals surface area contributed by atoms with Gasteiger partial charge in [0, 0.05) is 24.9 Å². The first-order valence-electron chi connectivity index (χ1n) is 8.59. The Hall–Kier alpha value is -1.75. The van der Waals surface area contributed by atoms with E-state index in [2.05, 4.69) is 0 Å². The molecule has 2 aliphatic heterocycles. The van der Waals surface area contributed by atoms with Gasteiger partial charge in [0.1, 0.15) is 0 Å². The van der Waals surface area contributed by atoms with E-state index in [1.807, 2.05) is 23.1 Å². The first-order valence-corrected chi connectivity index (χ1v) is 8.59. The molecule has 1 aromatic carbocycles. The second-order valence-corrected chi connectivity index (χ2v) is 6.84. The number of aliphatic hydroxyl groups excluding tert-OH is 1. The standard InChI is InChI=1S/C18H23NO4/c20-15-10-19(18(21)12-3-1-2-4-12)8-7-14(15)13-5-6-16-17(9-13)23-11-22-16/h5-6,9,12,14-15,20H,1-4,7-8,10-11H2/t14-,15+/m0/s1. The lowest BCUT2D eigenvalue weighted by Crippen LogP contribution is -2.47. The maximum absolute atomic E-state index is 12.5. The van der Waals surface area contributed by atoms with Crippen molar-refractivity contribution in [1.29, 1.82) is 0 Å². The first kappa shape index (κ1) is 14.8. The molecule has 23 heavy (non-hydrogen) atoms. The van der Waals surface area contributed by atoms with Gasteiger partial charge in [-0.3, -0.25) is 4.79 Å². The maximum atomic E-state index is 12.5. The molecule has 1 saturated heterocycles. The highest BCUT2D eigenvalue weighted by Gasteiger charge is 2.35. The summed E-state index contributed by atoms with van der Waals surface area (Å²) < 4.78 is 10.8. The van der Waals surface area contributed by atoms with Crippen LogP contribution in [0.1, 0.15) is 43.6 Å². The minimum absolute atomic E-state index is 0.0529. The zero-order valence-corrected chi connectivity index (χ0v) is 13.2. The van der Waals surface area contributed by atoms with Crippen molar-refractivity contribution in [2.45, 2.75) is 44.1 Å².